The van der Waals surface area contributed by atoms with E-state index in [1.807, 2.05) is 45.0 Å². The highest BCUT2D eigenvalue weighted by Crippen LogP contribution is 2.63. The van der Waals surface area contributed by atoms with E-state index in [0.717, 1.165) is 18.8 Å². The van der Waals surface area contributed by atoms with Gasteiger partial charge in [-0.25, -0.2) is 0 Å². The number of anilines is 3. The standard InChI is InChI=1S/C33H44N4O6/c1-6-23(20-38)37-28(30(40)35-21-10-14-24(15-11-21)36(7-2)8-3)33-19-18-32(5,43-33)26(27(33)31(37)41)29(39)34-22-12-16-25(17-13-22)42-9-4/h10-17,23,26-28,38H,6-9,18-20H2,1-5H3,(H,34,39)(H,35,40)/t23-,26+,27-,28?,32-,33?/m0/s1. The van der Waals surface area contributed by atoms with Crippen molar-refractivity contribution in [1.82, 2.24) is 4.90 Å². The Balaban J connectivity index is 1.45. The predicted molar refractivity (Wildman–Crippen MR) is 165 cm³/mol. The first-order chi connectivity index (χ1) is 20.7. The monoisotopic (exact) mass is 592 g/mol. The molecule has 232 valence electrons. The van der Waals surface area contributed by atoms with Gasteiger partial charge < -0.3 is 35.0 Å². The van der Waals surface area contributed by atoms with Crippen molar-refractivity contribution >= 4 is 34.8 Å². The van der Waals surface area contributed by atoms with E-state index in [-0.39, 0.29) is 24.3 Å². The van der Waals surface area contributed by atoms with E-state index < -0.39 is 35.1 Å². The van der Waals surface area contributed by atoms with Crippen LogP contribution in [0.2, 0.25) is 0 Å². The second-order valence-electron chi connectivity index (χ2n) is 11.9. The maximum absolute atomic E-state index is 14.3. The molecule has 3 N–H and O–H groups in total. The summed E-state index contributed by atoms with van der Waals surface area (Å²) in [6.45, 7) is 11.8. The van der Waals surface area contributed by atoms with Crippen molar-refractivity contribution in [2.24, 2.45) is 11.8 Å². The topological polar surface area (TPSA) is 120 Å². The number of likely N-dealkylation sites (tertiary alicyclic amines) is 1. The fourth-order valence-electron chi connectivity index (χ4n) is 7.45. The van der Waals surface area contributed by atoms with Crippen LogP contribution < -0.4 is 20.3 Å². The molecule has 3 heterocycles. The van der Waals surface area contributed by atoms with Crippen LogP contribution in [0.5, 0.6) is 5.75 Å². The Hall–Kier alpha value is -3.63. The van der Waals surface area contributed by atoms with Crippen LogP contribution in [0.15, 0.2) is 48.5 Å². The van der Waals surface area contributed by atoms with Gasteiger partial charge in [-0.15, -0.1) is 0 Å². The molecule has 3 fully saturated rings. The highest BCUT2D eigenvalue weighted by molar-refractivity contribution is 6.05. The molecule has 0 aromatic heterocycles. The van der Waals surface area contributed by atoms with Crippen molar-refractivity contribution in [3.05, 3.63) is 48.5 Å². The van der Waals surface area contributed by atoms with Crippen molar-refractivity contribution in [3.8, 4) is 5.75 Å². The van der Waals surface area contributed by atoms with Crippen LogP contribution in [0.25, 0.3) is 0 Å². The zero-order chi connectivity index (χ0) is 30.9. The Morgan fingerprint density at radius 2 is 1.60 bits per heavy atom. The molecular formula is C33H44N4O6. The Morgan fingerprint density at radius 1 is 1.00 bits per heavy atom. The van der Waals surface area contributed by atoms with Gasteiger partial charge in [-0.1, -0.05) is 6.92 Å². The Kier molecular flexibility index (Phi) is 8.72. The van der Waals surface area contributed by atoms with Crippen LogP contribution >= 0.6 is 0 Å². The molecule has 1 spiro atoms. The van der Waals surface area contributed by atoms with Crippen molar-refractivity contribution in [2.45, 2.75) is 77.2 Å². The van der Waals surface area contributed by atoms with Crippen molar-refractivity contribution in [2.75, 3.05) is 41.8 Å². The maximum Gasteiger partial charge on any atom is 0.250 e. The van der Waals surface area contributed by atoms with Crippen molar-refractivity contribution in [1.29, 1.82) is 0 Å². The molecule has 2 aromatic rings. The maximum atomic E-state index is 14.3. The van der Waals surface area contributed by atoms with Crippen LogP contribution in [-0.4, -0.2) is 77.3 Å². The Morgan fingerprint density at radius 3 is 2.16 bits per heavy atom. The first kappa shape index (κ1) is 30.8. The molecule has 2 unspecified atom stereocenters. The fraction of sp³-hybridized carbons (Fsp3) is 0.545. The highest BCUT2D eigenvalue weighted by Gasteiger charge is 2.78. The SMILES string of the molecule is CCOc1ccc(NC(=O)[C@H]2[C@H]3C(=O)N([C@@H](CC)CO)C(C(=O)Nc4ccc(N(CC)CC)cc4)C34CC[C@]2(C)O4)cc1. The minimum absolute atomic E-state index is 0.298. The largest absolute Gasteiger partial charge is 0.494 e. The second-order valence-corrected chi connectivity index (χ2v) is 11.9. The summed E-state index contributed by atoms with van der Waals surface area (Å²) in [5.74, 6) is -1.98. The number of ether oxygens (including phenoxy) is 2. The summed E-state index contributed by atoms with van der Waals surface area (Å²) >= 11 is 0. The van der Waals surface area contributed by atoms with Gasteiger partial charge in [-0.05, 0) is 95.5 Å². The van der Waals surface area contributed by atoms with Gasteiger partial charge in [0.1, 0.15) is 17.4 Å². The van der Waals surface area contributed by atoms with Crippen molar-refractivity contribution < 1.29 is 29.0 Å². The molecule has 3 aliphatic heterocycles. The molecule has 3 saturated heterocycles. The number of nitrogens with one attached hydrogen (secondary N) is 2. The molecule has 3 amide bonds. The summed E-state index contributed by atoms with van der Waals surface area (Å²) in [5.41, 5.74) is 0.152. The summed E-state index contributed by atoms with van der Waals surface area (Å²) in [7, 11) is 0. The molecular weight excluding hydrogens is 548 g/mol. The number of carbonyl (C=O) groups excluding carboxylic acids is 3. The van der Waals surface area contributed by atoms with E-state index >= 15 is 0 Å². The van der Waals surface area contributed by atoms with Gasteiger partial charge in [-0.2, -0.15) is 0 Å². The summed E-state index contributed by atoms with van der Waals surface area (Å²) in [6, 6.07) is 13.1. The van der Waals surface area contributed by atoms with Gasteiger partial charge in [-0.3, -0.25) is 14.4 Å². The molecule has 2 bridgehead atoms. The van der Waals surface area contributed by atoms with Gasteiger partial charge in [0.15, 0.2) is 0 Å². The zero-order valence-corrected chi connectivity index (χ0v) is 25.8. The number of nitrogens with zero attached hydrogens (tertiary/aromatic N) is 2. The molecule has 10 heteroatoms. The number of hydrogen-bond donors (Lipinski definition) is 3. The molecule has 43 heavy (non-hydrogen) atoms. The van der Waals surface area contributed by atoms with Crippen molar-refractivity contribution in [3.63, 3.8) is 0 Å². The average Bonchev–Trinajstić information content (AvgIpc) is 3.57. The van der Waals surface area contributed by atoms with Crippen LogP contribution in [0.4, 0.5) is 17.1 Å². The van der Waals surface area contributed by atoms with E-state index in [4.69, 9.17) is 9.47 Å². The third-order valence-electron chi connectivity index (χ3n) is 9.52. The first-order valence-corrected chi connectivity index (χ1v) is 15.5. The quantitative estimate of drug-likeness (QED) is 0.340. The third kappa shape index (κ3) is 5.25. The molecule has 2 aromatic carbocycles. The second kappa shape index (κ2) is 12.2. The average molecular weight is 593 g/mol. The van der Waals surface area contributed by atoms with E-state index in [0.29, 0.717) is 43.0 Å². The molecule has 10 nitrogen and oxygen atoms in total. The molecule has 6 atom stereocenters. The molecule has 5 rings (SSSR count). The normalized spacial score (nSPS) is 28.0. The van der Waals surface area contributed by atoms with Crippen LogP contribution in [0.3, 0.4) is 0 Å². The van der Waals surface area contributed by atoms with Crippen LogP contribution in [0, 0.1) is 11.8 Å². The lowest BCUT2D eigenvalue weighted by Gasteiger charge is -2.36. The lowest BCUT2D eigenvalue weighted by molar-refractivity contribution is -0.146. The van der Waals surface area contributed by atoms with Crippen LogP contribution in [0.1, 0.15) is 53.9 Å². The van der Waals surface area contributed by atoms with E-state index in [2.05, 4.69) is 29.4 Å². The van der Waals surface area contributed by atoms with E-state index in [1.54, 1.807) is 24.3 Å². The number of hydrogen-bond acceptors (Lipinski definition) is 7. The smallest absolute Gasteiger partial charge is 0.250 e. The lowest BCUT2D eigenvalue weighted by Crippen LogP contribution is -2.56. The summed E-state index contributed by atoms with van der Waals surface area (Å²) in [5, 5.41) is 16.3. The minimum Gasteiger partial charge on any atom is -0.494 e. The lowest BCUT2D eigenvalue weighted by atomic mass is 9.66. The summed E-state index contributed by atoms with van der Waals surface area (Å²) < 4.78 is 12.2. The molecule has 0 radical (unpaired) electrons. The Labute approximate surface area is 253 Å². The first-order valence-electron chi connectivity index (χ1n) is 15.5. The van der Waals surface area contributed by atoms with E-state index in [1.165, 1.54) is 4.90 Å². The summed E-state index contributed by atoms with van der Waals surface area (Å²) in [6.07, 6.45) is 1.45. The number of aliphatic hydroxyl groups is 1. The van der Waals surface area contributed by atoms with Gasteiger partial charge in [0.2, 0.25) is 17.7 Å². The number of carbonyl (C=O) groups is 3. The fourth-order valence-corrected chi connectivity index (χ4v) is 7.45. The Bertz CT molecular complexity index is 1330. The minimum atomic E-state index is -1.18. The van der Waals surface area contributed by atoms with Gasteiger partial charge in [0.25, 0.3) is 0 Å². The number of amides is 3. The van der Waals surface area contributed by atoms with E-state index in [9.17, 15) is 19.5 Å². The number of fused-ring (bicyclic) bond motifs is 1. The third-order valence-corrected chi connectivity index (χ3v) is 9.52. The summed E-state index contributed by atoms with van der Waals surface area (Å²) in [4.78, 5) is 46.0. The van der Waals surface area contributed by atoms with Gasteiger partial charge >= 0.3 is 0 Å². The number of rotatable bonds is 12. The number of benzene rings is 2. The van der Waals surface area contributed by atoms with Crippen LogP contribution in [-0.2, 0) is 19.1 Å². The highest BCUT2D eigenvalue weighted by atomic mass is 16.5. The van der Waals surface area contributed by atoms with Gasteiger partial charge in [0.05, 0.1) is 36.7 Å². The number of aliphatic hydroxyl groups excluding tert-OH is 1. The molecule has 0 saturated carbocycles. The molecule has 3 aliphatic rings. The molecule has 0 aliphatic carbocycles. The zero-order valence-electron chi connectivity index (χ0n) is 25.8. The predicted octanol–water partition coefficient (Wildman–Crippen LogP) is 4.04. The van der Waals surface area contributed by atoms with Gasteiger partial charge in [0, 0.05) is 30.2 Å².